The molecule has 0 aliphatic carbocycles. The normalized spacial score (nSPS) is 10.9. The quantitative estimate of drug-likeness (QED) is 0.484. The first-order valence-electron chi connectivity index (χ1n) is 9.75. The van der Waals surface area contributed by atoms with Crippen LogP contribution < -0.4 is 21.3 Å². The molecule has 0 unspecified atom stereocenters. The lowest BCUT2D eigenvalue weighted by molar-refractivity contribution is -0.116. The van der Waals surface area contributed by atoms with Crippen LogP contribution in [0.5, 0.6) is 5.75 Å². The summed E-state index contributed by atoms with van der Waals surface area (Å²) in [5.41, 5.74) is 1.29. The maximum Gasteiger partial charge on any atom is 0.332 e. The highest BCUT2D eigenvalue weighted by molar-refractivity contribution is 7.17. The molecule has 0 aliphatic heterocycles. The van der Waals surface area contributed by atoms with Gasteiger partial charge in [-0.25, -0.2) is 4.79 Å². The van der Waals surface area contributed by atoms with E-state index in [-0.39, 0.29) is 24.6 Å². The number of hydrogen-bond donors (Lipinski definition) is 1. The van der Waals surface area contributed by atoms with Gasteiger partial charge in [0, 0.05) is 12.2 Å². The fourth-order valence-corrected chi connectivity index (χ4v) is 4.23. The van der Waals surface area contributed by atoms with Crippen LogP contribution in [-0.4, -0.2) is 22.2 Å². The Labute approximate surface area is 182 Å². The molecule has 2 heterocycles. The highest BCUT2D eigenvalue weighted by Gasteiger charge is 2.16. The number of aromatic nitrogens is 2. The maximum atomic E-state index is 13.1. The van der Waals surface area contributed by atoms with Crippen LogP contribution in [0.15, 0.2) is 75.6 Å². The minimum Gasteiger partial charge on any atom is -0.497 e. The van der Waals surface area contributed by atoms with Crippen LogP contribution in [0.3, 0.4) is 0 Å². The largest absolute Gasteiger partial charge is 0.497 e. The lowest BCUT2D eigenvalue weighted by atomic mass is 10.1. The zero-order valence-electron chi connectivity index (χ0n) is 16.9. The van der Waals surface area contributed by atoms with Crippen molar-refractivity contribution in [3.05, 3.63) is 92.4 Å². The SMILES string of the molecule is COc1ccc(NC(=O)Cn2c(=O)n(CCc3ccccc3)c(=O)c3sccc32)cc1. The third kappa shape index (κ3) is 4.44. The molecule has 4 rings (SSSR count). The predicted octanol–water partition coefficient (Wildman–Crippen LogP) is 3.11. The van der Waals surface area contributed by atoms with Gasteiger partial charge in [-0.15, -0.1) is 11.3 Å². The van der Waals surface area contributed by atoms with E-state index in [0.717, 1.165) is 5.56 Å². The van der Waals surface area contributed by atoms with Crippen LogP contribution in [0.1, 0.15) is 5.56 Å². The topological polar surface area (TPSA) is 82.3 Å². The molecule has 1 N–H and O–H groups in total. The van der Waals surface area contributed by atoms with Crippen LogP contribution in [0.2, 0.25) is 0 Å². The summed E-state index contributed by atoms with van der Waals surface area (Å²) in [6, 6.07) is 18.3. The molecular weight excluding hydrogens is 414 g/mol. The van der Waals surface area contributed by atoms with Gasteiger partial charge in [0.1, 0.15) is 17.0 Å². The Balaban J connectivity index is 1.62. The number of nitrogens with one attached hydrogen (secondary N) is 1. The molecule has 0 aliphatic rings. The van der Waals surface area contributed by atoms with Gasteiger partial charge in [0.15, 0.2) is 0 Å². The number of methoxy groups -OCH3 is 1. The van der Waals surface area contributed by atoms with Crippen molar-refractivity contribution in [3.63, 3.8) is 0 Å². The first kappa shape index (κ1) is 20.6. The van der Waals surface area contributed by atoms with E-state index in [1.54, 1.807) is 42.8 Å². The Bertz CT molecular complexity index is 1320. The molecule has 7 nitrogen and oxygen atoms in total. The molecular formula is C23H21N3O4S. The molecule has 158 valence electrons. The maximum absolute atomic E-state index is 13.1. The van der Waals surface area contributed by atoms with E-state index in [9.17, 15) is 14.4 Å². The van der Waals surface area contributed by atoms with Crippen molar-refractivity contribution in [1.29, 1.82) is 0 Å². The van der Waals surface area contributed by atoms with Crippen molar-refractivity contribution in [2.24, 2.45) is 0 Å². The van der Waals surface area contributed by atoms with E-state index >= 15 is 0 Å². The molecule has 0 saturated heterocycles. The summed E-state index contributed by atoms with van der Waals surface area (Å²) in [6.45, 7) is 0.0549. The summed E-state index contributed by atoms with van der Waals surface area (Å²) in [4.78, 5) is 38.6. The number of aryl methyl sites for hydroxylation is 1. The minimum atomic E-state index is -0.489. The van der Waals surface area contributed by atoms with Gasteiger partial charge in [0.25, 0.3) is 5.56 Å². The molecule has 0 saturated carbocycles. The summed E-state index contributed by atoms with van der Waals surface area (Å²) in [5.74, 6) is 0.327. The highest BCUT2D eigenvalue weighted by Crippen LogP contribution is 2.17. The Morgan fingerprint density at radius 3 is 2.45 bits per heavy atom. The van der Waals surface area contributed by atoms with Crippen LogP contribution >= 0.6 is 11.3 Å². The standard InChI is InChI=1S/C23H21N3O4S/c1-30-18-9-7-17(8-10-18)24-20(27)15-26-19-12-14-31-21(19)22(28)25(23(26)29)13-11-16-5-3-2-4-6-16/h2-10,12,14H,11,13,15H2,1H3,(H,24,27). The van der Waals surface area contributed by atoms with E-state index in [1.807, 2.05) is 30.3 Å². The third-order valence-electron chi connectivity index (χ3n) is 4.98. The summed E-state index contributed by atoms with van der Waals surface area (Å²) in [7, 11) is 1.57. The molecule has 8 heteroatoms. The average Bonchev–Trinajstić information content (AvgIpc) is 3.28. The lowest BCUT2D eigenvalue weighted by Crippen LogP contribution is -2.41. The van der Waals surface area contributed by atoms with Gasteiger partial charge >= 0.3 is 5.69 Å². The van der Waals surface area contributed by atoms with Crippen molar-refractivity contribution in [2.75, 3.05) is 12.4 Å². The number of anilines is 1. The summed E-state index contributed by atoms with van der Waals surface area (Å²) < 4.78 is 8.15. The first-order valence-corrected chi connectivity index (χ1v) is 10.6. The number of fused-ring (bicyclic) bond motifs is 1. The fourth-order valence-electron chi connectivity index (χ4n) is 3.39. The molecule has 1 amide bonds. The molecule has 0 fully saturated rings. The van der Waals surface area contributed by atoms with Gasteiger partial charge in [-0.1, -0.05) is 30.3 Å². The average molecular weight is 436 g/mol. The number of nitrogens with zero attached hydrogens (tertiary/aromatic N) is 2. The van der Waals surface area contributed by atoms with E-state index in [4.69, 9.17) is 4.74 Å². The number of ether oxygens (including phenoxy) is 1. The molecule has 2 aromatic heterocycles. The van der Waals surface area contributed by atoms with Crippen molar-refractivity contribution in [2.45, 2.75) is 19.5 Å². The minimum absolute atomic E-state index is 0.191. The van der Waals surface area contributed by atoms with Crippen LogP contribution in [0.4, 0.5) is 5.69 Å². The first-order chi connectivity index (χ1) is 15.1. The van der Waals surface area contributed by atoms with E-state index in [0.29, 0.717) is 28.1 Å². The Kier molecular flexibility index (Phi) is 5.99. The van der Waals surface area contributed by atoms with E-state index in [2.05, 4.69) is 5.32 Å². The van der Waals surface area contributed by atoms with Gasteiger partial charge in [0.2, 0.25) is 5.91 Å². The second-order valence-corrected chi connectivity index (χ2v) is 7.89. The van der Waals surface area contributed by atoms with Gasteiger partial charge in [-0.2, -0.15) is 0 Å². The van der Waals surface area contributed by atoms with Gasteiger partial charge in [0.05, 0.1) is 12.6 Å². The van der Waals surface area contributed by atoms with Crippen LogP contribution in [0, 0.1) is 0 Å². The Morgan fingerprint density at radius 1 is 1.00 bits per heavy atom. The van der Waals surface area contributed by atoms with Crippen molar-refractivity contribution < 1.29 is 9.53 Å². The smallest absolute Gasteiger partial charge is 0.332 e. The van der Waals surface area contributed by atoms with Gasteiger partial charge in [-0.3, -0.25) is 18.7 Å². The number of rotatable bonds is 7. The molecule has 0 radical (unpaired) electrons. The highest BCUT2D eigenvalue weighted by atomic mass is 32.1. The van der Waals surface area contributed by atoms with Crippen LogP contribution in [0.25, 0.3) is 10.2 Å². The number of carbonyl (C=O) groups excluding carboxylic acids is 1. The fraction of sp³-hybridized carbons (Fsp3) is 0.174. The van der Waals surface area contributed by atoms with Crippen LogP contribution in [-0.2, 0) is 24.3 Å². The molecule has 31 heavy (non-hydrogen) atoms. The molecule has 0 atom stereocenters. The zero-order valence-corrected chi connectivity index (χ0v) is 17.7. The van der Waals surface area contributed by atoms with Gasteiger partial charge in [-0.05, 0) is 47.7 Å². The number of benzene rings is 2. The number of hydrogen-bond acceptors (Lipinski definition) is 5. The third-order valence-corrected chi connectivity index (χ3v) is 5.87. The monoisotopic (exact) mass is 435 g/mol. The molecule has 2 aromatic carbocycles. The van der Waals surface area contributed by atoms with E-state index in [1.165, 1.54) is 20.5 Å². The predicted molar refractivity (Wildman–Crippen MR) is 122 cm³/mol. The lowest BCUT2D eigenvalue weighted by Gasteiger charge is -2.13. The molecule has 0 bridgehead atoms. The molecule has 0 spiro atoms. The summed E-state index contributed by atoms with van der Waals surface area (Å²) in [5, 5.41) is 4.53. The summed E-state index contributed by atoms with van der Waals surface area (Å²) in [6.07, 6.45) is 0.547. The zero-order chi connectivity index (χ0) is 21.8. The second-order valence-electron chi connectivity index (χ2n) is 6.97. The number of carbonyl (C=O) groups is 1. The van der Waals surface area contributed by atoms with Crippen molar-refractivity contribution >= 4 is 33.1 Å². The summed E-state index contributed by atoms with van der Waals surface area (Å²) >= 11 is 1.27. The van der Waals surface area contributed by atoms with Crippen molar-refractivity contribution in [3.8, 4) is 5.75 Å². The second kappa shape index (κ2) is 9.01. The van der Waals surface area contributed by atoms with Crippen molar-refractivity contribution in [1.82, 2.24) is 9.13 Å². The Morgan fingerprint density at radius 2 is 1.74 bits per heavy atom. The van der Waals surface area contributed by atoms with Gasteiger partial charge < -0.3 is 10.1 Å². The Hall–Kier alpha value is -3.65. The van der Waals surface area contributed by atoms with E-state index < -0.39 is 5.69 Å². The number of amides is 1. The molecule has 4 aromatic rings. The number of thiophene rings is 1.